The highest BCUT2D eigenvalue weighted by Gasteiger charge is 2.22. The Bertz CT molecular complexity index is 676. The first-order chi connectivity index (χ1) is 19.3. The molecular formula is C31H59O8P. The fourth-order valence-corrected chi connectivity index (χ4v) is 4.73. The quantitative estimate of drug-likeness (QED) is 0.0384. The van der Waals surface area contributed by atoms with Gasteiger partial charge in [0.1, 0.15) is 6.61 Å². The van der Waals surface area contributed by atoms with Crippen LogP contribution in [0.2, 0.25) is 0 Å². The lowest BCUT2D eigenvalue weighted by Gasteiger charge is -2.18. The minimum Gasteiger partial charge on any atom is -0.462 e. The third-order valence-electron chi connectivity index (χ3n) is 6.78. The van der Waals surface area contributed by atoms with E-state index < -0.39 is 32.5 Å². The highest BCUT2D eigenvalue weighted by molar-refractivity contribution is 7.46. The van der Waals surface area contributed by atoms with Gasteiger partial charge in [-0.25, -0.2) is 4.57 Å². The maximum atomic E-state index is 12.2. The van der Waals surface area contributed by atoms with E-state index in [2.05, 4.69) is 30.5 Å². The Balaban J connectivity index is 3.97. The highest BCUT2D eigenvalue weighted by atomic mass is 31.2. The molecule has 0 aliphatic heterocycles. The van der Waals surface area contributed by atoms with E-state index in [1.807, 2.05) is 0 Å². The summed E-state index contributed by atoms with van der Waals surface area (Å²) < 4.78 is 26.0. The second kappa shape index (κ2) is 27.9. The molecule has 8 nitrogen and oxygen atoms in total. The monoisotopic (exact) mass is 590 g/mol. The van der Waals surface area contributed by atoms with Crippen LogP contribution in [-0.4, -0.2) is 41.0 Å². The summed E-state index contributed by atoms with van der Waals surface area (Å²) in [6.45, 7) is 3.58. The van der Waals surface area contributed by atoms with Crippen molar-refractivity contribution in [3.05, 3.63) is 12.2 Å². The van der Waals surface area contributed by atoms with Gasteiger partial charge in [0.05, 0.1) is 6.61 Å². The maximum absolute atomic E-state index is 12.2. The number of hydrogen-bond donors (Lipinski definition) is 2. The first kappa shape index (κ1) is 38.8. The Morgan fingerprint density at radius 2 is 1.05 bits per heavy atom. The molecule has 0 rings (SSSR count). The molecule has 0 aromatic carbocycles. The number of esters is 2. The maximum Gasteiger partial charge on any atom is 0.469 e. The summed E-state index contributed by atoms with van der Waals surface area (Å²) in [6.07, 6.45) is 26.8. The normalized spacial score (nSPS) is 12.6. The van der Waals surface area contributed by atoms with Gasteiger partial charge >= 0.3 is 19.8 Å². The number of ether oxygens (including phenoxy) is 2. The molecule has 2 N–H and O–H groups in total. The highest BCUT2D eigenvalue weighted by Crippen LogP contribution is 2.35. The van der Waals surface area contributed by atoms with E-state index in [4.69, 9.17) is 19.3 Å². The molecule has 40 heavy (non-hydrogen) atoms. The van der Waals surface area contributed by atoms with E-state index in [0.717, 1.165) is 64.2 Å². The zero-order valence-electron chi connectivity index (χ0n) is 25.5. The lowest BCUT2D eigenvalue weighted by Crippen LogP contribution is -2.29. The van der Waals surface area contributed by atoms with Gasteiger partial charge in [-0.15, -0.1) is 0 Å². The zero-order chi connectivity index (χ0) is 29.7. The number of phosphoric ester groups is 1. The van der Waals surface area contributed by atoms with Gasteiger partial charge in [-0.1, -0.05) is 116 Å². The van der Waals surface area contributed by atoms with E-state index in [9.17, 15) is 14.2 Å². The third kappa shape index (κ3) is 29.8. The molecule has 236 valence electrons. The first-order valence-electron chi connectivity index (χ1n) is 16.0. The van der Waals surface area contributed by atoms with E-state index in [1.54, 1.807) is 0 Å². The Morgan fingerprint density at radius 1 is 0.625 bits per heavy atom. The molecule has 0 saturated heterocycles. The topological polar surface area (TPSA) is 119 Å². The van der Waals surface area contributed by atoms with Crippen molar-refractivity contribution in [2.75, 3.05) is 13.2 Å². The van der Waals surface area contributed by atoms with Crippen LogP contribution in [0.4, 0.5) is 0 Å². The number of carbonyl (C=O) groups excluding carboxylic acids is 2. The largest absolute Gasteiger partial charge is 0.469 e. The smallest absolute Gasteiger partial charge is 0.462 e. The van der Waals surface area contributed by atoms with Gasteiger partial charge in [0.25, 0.3) is 0 Å². The van der Waals surface area contributed by atoms with Crippen LogP contribution >= 0.6 is 7.82 Å². The predicted octanol–water partition coefficient (Wildman–Crippen LogP) is 8.73. The minimum absolute atomic E-state index is 0.205. The molecule has 0 aromatic heterocycles. The fraction of sp³-hybridized carbons (Fsp3) is 0.871. The van der Waals surface area contributed by atoms with E-state index in [-0.39, 0.29) is 19.4 Å². The van der Waals surface area contributed by atoms with Crippen LogP contribution in [0.1, 0.15) is 155 Å². The van der Waals surface area contributed by atoms with E-state index in [1.165, 1.54) is 57.8 Å². The predicted molar refractivity (Wildman–Crippen MR) is 161 cm³/mol. The average Bonchev–Trinajstić information content (AvgIpc) is 2.91. The van der Waals surface area contributed by atoms with Crippen molar-refractivity contribution in [3.8, 4) is 0 Å². The van der Waals surface area contributed by atoms with Crippen molar-refractivity contribution in [1.82, 2.24) is 0 Å². The van der Waals surface area contributed by atoms with Gasteiger partial charge < -0.3 is 19.3 Å². The SMILES string of the molecule is CCCCCCCCC/C=C\CCCCCCCC(=O)OC(COC(=O)CCCCCCCC)COP(=O)(O)O. The van der Waals surface area contributed by atoms with E-state index in [0.29, 0.717) is 6.42 Å². The molecule has 0 bridgehead atoms. The summed E-state index contributed by atoms with van der Waals surface area (Å²) in [5.41, 5.74) is 0. The molecule has 0 aliphatic rings. The number of hydrogen-bond acceptors (Lipinski definition) is 6. The number of allylic oxidation sites excluding steroid dienone is 2. The zero-order valence-corrected chi connectivity index (χ0v) is 26.4. The summed E-state index contributed by atoms with van der Waals surface area (Å²) in [5.74, 6) is -0.903. The fourth-order valence-electron chi connectivity index (χ4n) is 4.37. The number of phosphoric acid groups is 1. The molecule has 0 aliphatic carbocycles. The third-order valence-corrected chi connectivity index (χ3v) is 7.27. The summed E-state index contributed by atoms with van der Waals surface area (Å²) in [7, 11) is -4.73. The van der Waals surface area contributed by atoms with Gasteiger partial charge in [-0.05, 0) is 38.5 Å². The van der Waals surface area contributed by atoms with Gasteiger partial charge in [0.15, 0.2) is 6.10 Å². The van der Waals surface area contributed by atoms with Gasteiger partial charge in [0, 0.05) is 12.8 Å². The van der Waals surface area contributed by atoms with Crippen molar-refractivity contribution in [3.63, 3.8) is 0 Å². The molecule has 0 saturated carbocycles. The van der Waals surface area contributed by atoms with Crippen LogP contribution in [-0.2, 0) is 28.2 Å². The van der Waals surface area contributed by atoms with Gasteiger partial charge in [-0.2, -0.15) is 0 Å². The number of rotatable bonds is 29. The summed E-state index contributed by atoms with van der Waals surface area (Å²) >= 11 is 0. The average molecular weight is 591 g/mol. The lowest BCUT2D eigenvalue weighted by molar-refractivity contribution is -0.161. The van der Waals surface area contributed by atoms with Gasteiger partial charge in [0.2, 0.25) is 0 Å². The Morgan fingerprint density at radius 3 is 1.52 bits per heavy atom. The second-order valence-electron chi connectivity index (χ2n) is 10.8. The molecular weight excluding hydrogens is 531 g/mol. The molecule has 0 spiro atoms. The first-order valence-corrected chi connectivity index (χ1v) is 17.5. The van der Waals surface area contributed by atoms with Crippen LogP contribution < -0.4 is 0 Å². The van der Waals surface area contributed by atoms with Crippen LogP contribution in [0.25, 0.3) is 0 Å². The molecule has 9 heteroatoms. The summed E-state index contributed by atoms with van der Waals surface area (Å²) in [5, 5.41) is 0. The van der Waals surface area contributed by atoms with E-state index >= 15 is 0 Å². The molecule has 1 atom stereocenters. The lowest BCUT2D eigenvalue weighted by atomic mass is 10.1. The van der Waals surface area contributed by atoms with Gasteiger partial charge in [-0.3, -0.25) is 14.1 Å². The number of carbonyl (C=O) groups is 2. The Kier molecular flexibility index (Phi) is 27.1. The van der Waals surface area contributed by atoms with Crippen molar-refractivity contribution < 1.29 is 37.9 Å². The molecule has 0 aromatic rings. The molecule has 1 unspecified atom stereocenters. The molecule has 0 amide bonds. The van der Waals surface area contributed by atoms with Crippen LogP contribution in [0, 0.1) is 0 Å². The van der Waals surface area contributed by atoms with Crippen molar-refractivity contribution >= 4 is 19.8 Å². The standard InChI is InChI=1S/C31H59O8P/c1-3-5-7-9-11-12-13-14-15-16-17-18-19-20-22-24-26-31(33)39-29(28-38-40(34,35)36)27-37-30(32)25-23-21-10-8-6-4-2/h15-16,29H,3-14,17-28H2,1-2H3,(H2,34,35,36)/b16-15-. The second-order valence-corrected chi connectivity index (χ2v) is 12.0. The summed E-state index contributed by atoms with van der Waals surface area (Å²) in [4.78, 5) is 42.2. The molecule has 0 fully saturated rings. The van der Waals surface area contributed by atoms with Crippen molar-refractivity contribution in [1.29, 1.82) is 0 Å². The van der Waals surface area contributed by atoms with Crippen LogP contribution in [0.5, 0.6) is 0 Å². The van der Waals surface area contributed by atoms with Crippen LogP contribution in [0.3, 0.4) is 0 Å². The van der Waals surface area contributed by atoms with Crippen molar-refractivity contribution in [2.45, 2.75) is 161 Å². The summed E-state index contributed by atoms with van der Waals surface area (Å²) in [6, 6.07) is 0. The molecule has 0 heterocycles. The minimum atomic E-state index is -4.73. The van der Waals surface area contributed by atoms with Crippen LogP contribution in [0.15, 0.2) is 12.2 Å². The number of unbranched alkanes of at least 4 members (excludes halogenated alkanes) is 17. The van der Waals surface area contributed by atoms with Crippen molar-refractivity contribution in [2.24, 2.45) is 0 Å². The Labute approximate surface area is 244 Å². The molecule has 0 radical (unpaired) electrons. The Hall–Kier alpha value is -1.21.